The first kappa shape index (κ1) is 16.1. The molecule has 0 aliphatic heterocycles. The van der Waals surface area contributed by atoms with Crippen molar-refractivity contribution < 1.29 is 14.6 Å². The molecule has 106 valence electrons. The van der Waals surface area contributed by atoms with Gasteiger partial charge in [0.2, 0.25) is 0 Å². The van der Waals surface area contributed by atoms with Crippen molar-refractivity contribution in [3.63, 3.8) is 0 Å². The van der Waals surface area contributed by atoms with E-state index in [4.69, 9.17) is 33.0 Å². The molecule has 1 aromatic carbocycles. The highest BCUT2D eigenvalue weighted by Crippen LogP contribution is 2.27. The van der Waals surface area contributed by atoms with Crippen LogP contribution in [0.4, 0.5) is 0 Å². The van der Waals surface area contributed by atoms with Crippen LogP contribution in [0.5, 0.6) is 5.75 Å². The largest absolute Gasteiger partial charge is 0.482 e. The Morgan fingerprint density at radius 1 is 1.16 bits per heavy atom. The van der Waals surface area contributed by atoms with Crippen molar-refractivity contribution in [2.24, 2.45) is 0 Å². The van der Waals surface area contributed by atoms with Crippen LogP contribution in [-0.4, -0.2) is 29.4 Å². The van der Waals surface area contributed by atoms with Crippen LogP contribution in [-0.2, 0) is 4.79 Å². The number of hydrogen-bond acceptors (Lipinski definition) is 2. The number of ether oxygens (including phenoxy) is 1. The normalized spacial score (nSPS) is 12.1. The molecule has 1 rings (SSSR count). The lowest BCUT2D eigenvalue weighted by atomic mass is 9.92. The molecular formula is C14H18Cl2O3. The van der Waals surface area contributed by atoms with Crippen molar-refractivity contribution in [2.45, 2.75) is 25.2 Å². The lowest BCUT2D eigenvalue weighted by molar-refractivity contribution is -0.139. The molecule has 5 heteroatoms. The second kappa shape index (κ2) is 9.05. The highest BCUT2D eigenvalue weighted by molar-refractivity contribution is 6.18. The van der Waals surface area contributed by atoms with Crippen LogP contribution in [0.2, 0.25) is 0 Å². The Kier molecular flexibility index (Phi) is 7.68. The van der Waals surface area contributed by atoms with Gasteiger partial charge in [0.05, 0.1) is 0 Å². The smallest absolute Gasteiger partial charge is 0.341 e. The third kappa shape index (κ3) is 6.17. The molecular weight excluding hydrogens is 287 g/mol. The minimum atomic E-state index is -0.980. The SMILES string of the molecule is O=C(O)COc1ccc(C(CCCl)CCCCl)cc1. The maximum absolute atomic E-state index is 10.4. The summed E-state index contributed by atoms with van der Waals surface area (Å²) in [4.78, 5) is 10.4. The lowest BCUT2D eigenvalue weighted by Gasteiger charge is -2.16. The van der Waals surface area contributed by atoms with Gasteiger partial charge < -0.3 is 9.84 Å². The fourth-order valence-corrected chi connectivity index (χ4v) is 2.33. The fourth-order valence-electron chi connectivity index (χ4n) is 1.91. The van der Waals surface area contributed by atoms with Crippen LogP contribution in [0.25, 0.3) is 0 Å². The second-order valence-electron chi connectivity index (χ2n) is 4.26. The Bertz CT molecular complexity index is 379. The van der Waals surface area contributed by atoms with Gasteiger partial charge in [0, 0.05) is 11.8 Å². The highest BCUT2D eigenvalue weighted by atomic mass is 35.5. The molecule has 1 unspecified atom stereocenters. The summed E-state index contributed by atoms with van der Waals surface area (Å²) in [6, 6.07) is 7.51. The van der Waals surface area contributed by atoms with Crippen molar-refractivity contribution in [2.75, 3.05) is 18.4 Å². The maximum Gasteiger partial charge on any atom is 0.341 e. The lowest BCUT2D eigenvalue weighted by Crippen LogP contribution is -2.09. The zero-order valence-corrected chi connectivity index (χ0v) is 12.2. The van der Waals surface area contributed by atoms with Crippen molar-refractivity contribution in [3.8, 4) is 5.75 Å². The van der Waals surface area contributed by atoms with Crippen molar-refractivity contribution in [1.29, 1.82) is 0 Å². The summed E-state index contributed by atoms with van der Waals surface area (Å²) in [6.07, 6.45) is 2.87. The topological polar surface area (TPSA) is 46.5 Å². The minimum Gasteiger partial charge on any atom is -0.482 e. The van der Waals surface area contributed by atoms with Gasteiger partial charge in [-0.15, -0.1) is 23.2 Å². The maximum atomic E-state index is 10.4. The Hall–Kier alpha value is -0.930. The third-order valence-electron chi connectivity index (χ3n) is 2.86. The molecule has 0 saturated carbocycles. The zero-order chi connectivity index (χ0) is 14.1. The van der Waals surface area contributed by atoms with Crippen molar-refractivity contribution in [1.82, 2.24) is 0 Å². The predicted molar refractivity (Wildman–Crippen MR) is 77.6 cm³/mol. The molecule has 0 aliphatic rings. The molecule has 0 aromatic heterocycles. The molecule has 3 nitrogen and oxygen atoms in total. The summed E-state index contributed by atoms with van der Waals surface area (Å²) >= 11 is 11.5. The first-order chi connectivity index (χ1) is 9.17. The number of benzene rings is 1. The molecule has 1 atom stereocenters. The van der Waals surface area contributed by atoms with Gasteiger partial charge in [0.1, 0.15) is 5.75 Å². The molecule has 0 spiro atoms. The molecule has 19 heavy (non-hydrogen) atoms. The van der Waals surface area contributed by atoms with Crippen LogP contribution >= 0.6 is 23.2 Å². The van der Waals surface area contributed by atoms with E-state index in [1.807, 2.05) is 12.1 Å². The van der Waals surface area contributed by atoms with Gasteiger partial charge in [-0.2, -0.15) is 0 Å². The van der Waals surface area contributed by atoms with Gasteiger partial charge in [-0.3, -0.25) is 0 Å². The Balaban J connectivity index is 2.62. The summed E-state index contributed by atoms with van der Waals surface area (Å²) < 4.78 is 5.10. The first-order valence-electron chi connectivity index (χ1n) is 6.24. The summed E-state index contributed by atoms with van der Waals surface area (Å²) in [5.41, 5.74) is 1.19. The van der Waals surface area contributed by atoms with E-state index in [1.54, 1.807) is 12.1 Å². The summed E-state index contributed by atoms with van der Waals surface area (Å²) in [5, 5.41) is 8.53. The summed E-state index contributed by atoms with van der Waals surface area (Å²) in [6.45, 7) is -0.323. The number of hydrogen-bond donors (Lipinski definition) is 1. The third-order valence-corrected chi connectivity index (χ3v) is 3.34. The van der Waals surface area contributed by atoms with Crippen LogP contribution in [0.1, 0.15) is 30.7 Å². The number of carboxylic acids is 1. The first-order valence-corrected chi connectivity index (χ1v) is 7.30. The number of rotatable bonds is 9. The molecule has 1 N–H and O–H groups in total. The number of carbonyl (C=O) groups is 1. The van der Waals surface area contributed by atoms with Gasteiger partial charge in [-0.1, -0.05) is 12.1 Å². The standard InChI is InChI=1S/C14H18Cl2O3/c15-8-1-2-11(7-9-16)12-3-5-13(6-4-12)19-10-14(17)18/h3-6,11H,1-2,7-10H2,(H,17,18). The van der Waals surface area contributed by atoms with E-state index < -0.39 is 5.97 Å². The Labute approximate surface area is 123 Å². The zero-order valence-electron chi connectivity index (χ0n) is 10.6. The van der Waals surface area contributed by atoms with E-state index in [2.05, 4.69) is 0 Å². The van der Waals surface area contributed by atoms with Gasteiger partial charge in [-0.05, 0) is 42.9 Å². The van der Waals surface area contributed by atoms with Crippen molar-refractivity contribution >= 4 is 29.2 Å². The highest BCUT2D eigenvalue weighted by Gasteiger charge is 2.11. The van der Waals surface area contributed by atoms with E-state index in [0.717, 1.165) is 19.3 Å². The molecule has 0 radical (unpaired) electrons. The van der Waals surface area contributed by atoms with E-state index in [-0.39, 0.29) is 6.61 Å². The number of aliphatic carboxylic acids is 1. The van der Waals surface area contributed by atoms with Crippen molar-refractivity contribution in [3.05, 3.63) is 29.8 Å². The van der Waals surface area contributed by atoms with Crippen LogP contribution in [0.3, 0.4) is 0 Å². The molecule has 0 aliphatic carbocycles. The van der Waals surface area contributed by atoms with Crippen LogP contribution in [0.15, 0.2) is 24.3 Å². The van der Waals surface area contributed by atoms with Gasteiger partial charge in [-0.25, -0.2) is 4.79 Å². The minimum absolute atomic E-state index is 0.323. The van der Waals surface area contributed by atoms with E-state index in [9.17, 15) is 4.79 Å². The Morgan fingerprint density at radius 3 is 2.37 bits per heavy atom. The van der Waals surface area contributed by atoms with Crippen LogP contribution < -0.4 is 4.74 Å². The molecule has 0 amide bonds. The summed E-state index contributed by atoms with van der Waals surface area (Å²) in [5.74, 6) is 1.24. The average Bonchev–Trinajstić information content (AvgIpc) is 2.42. The molecule has 0 fully saturated rings. The van der Waals surface area contributed by atoms with E-state index >= 15 is 0 Å². The van der Waals surface area contributed by atoms with Gasteiger partial charge in [0.15, 0.2) is 6.61 Å². The van der Waals surface area contributed by atoms with E-state index in [0.29, 0.717) is 23.4 Å². The second-order valence-corrected chi connectivity index (χ2v) is 5.01. The van der Waals surface area contributed by atoms with E-state index in [1.165, 1.54) is 5.56 Å². The number of halogens is 2. The molecule has 0 bridgehead atoms. The van der Waals surface area contributed by atoms with Gasteiger partial charge in [0.25, 0.3) is 0 Å². The molecule has 0 heterocycles. The molecule has 1 aromatic rings. The number of carboxylic acid groups (broad SMARTS) is 1. The molecule has 0 saturated heterocycles. The van der Waals surface area contributed by atoms with Gasteiger partial charge >= 0.3 is 5.97 Å². The quantitative estimate of drug-likeness (QED) is 0.704. The fraction of sp³-hybridized carbons (Fsp3) is 0.500. The monoisotopic (exact) mass is 304 g/mol. The number of alkyl halides is 2. The predicted octanol–water partition coefficient (Wildman–Crippen LogP) is 3.88. The Morgan fingerprint density at radius 2 is 1.84 bits per heavy atom. The van der Waals surface area contributed by atoms with Crippen LogP contribution in [0, 0.1) is 0 Å². The average molecular weight is 305 g/mol. The summed E-state index contributed by atoms with van der Waals surface area (Å²) in [7, 11) is 0.